The van der Waals surface area contributed by atoms with Gasteiger partial charge in [-0.3, -0.25) is 9.78 Å². The van der Waals surface area contributed by atoms with Gasteiger partial charge in [0.1, 0.15) is 11.5 Å². The Hall–Kier alpha value is -4.02. The number of rotatable bonds is 5. The molecule has 0 saturated heterocycles. The van der Waals surface area contributed by atoms with Gasteiger partial charge in [0.2, 0.25) is 5.91 Å². The van der Waals surface area contributed by atoms with Crippen LogP contribution in [0.15, 0.2) is 60.9 Å². The van der Waals surface area contributed by atoms with E-state index in [-0.39, 0.29) is 11.9 Å². The van der Waals surface area contributed by atoms with E-state index in [4.69, 9.17) is 4.74 Å². The van der Waals surface area contributed by atoms with Crippen molar-refractivity contribution in [3.8, 4) is 23.0 Å². The lowest BCUT2D eigenvalue weighted by molar-refractivity contribution is -0.117. The van der Waals surface area contributed by atoms with E-state index in [0.717, 1.165) is 5.56 Å². The van der Waals surface area contributed by atoms with Crippen LogP contribution in [-0.2, 0) is 9.53 Å². The molecule has 0 spiro atoms. The van der Waals surface area contributed by atoms with Gasteiger partial charge in [0, 0.05) is 29.1 Å². The predicted molar refractivity (Wildman–Crippen MR) is 118 cm³/mol. The van der Waals surface area contributed by atoms with Crippen LogP contribution in [-0.4, -0.2) is 42.0 Å². The second-order valence-electron chi connectivity index (χ2n) is 6.66. The maximum Gasteiger partial charge on any atom is 0.339 e. The standard InChI is InChI=1S/C24H22N4O3/c1-16(25-2)23(29)28-22-12-10-20(18-13-19(15-26-14-18)24(30)31-3)21(27-22)11-9-17-7-5-4-6-8-17/h4-8,10,12-16,25H,1-3H3,(H,27,28,29). The zero-order valence-corrected chi connectivity index (χ0v) is 17.5. The Kier molecular flexibility index (Phi) is 7.09. The summed E-state index contributed by atoms with van der Waals surface area (Å²) in [5.74, 6) is 5.85. The van der Waals surface area contributed by atoms with Gasteiger partial charge >= 0.3 is 5.97 Å². The normalized spacial score (nSPS) is 11.1. The molecular formula is C24H22N4O3. The van der Waals surface area contributed by atoms with E-state index in [0.29, 0.717) is 28.2 Å². The number of ether oxygens (including phenoxy) is 1. The molecule has 7 heteroatoms. The van der Waals surface area contributed by atoms with Gasteiger partial charge in [-0.15, -0.1) is 0 Å². The van der Waals surface area contributed by atoms with Crippen LogP contribution < -0.4 is 10.6 Å². The van der Waals surface area contributed by atoms with Gasteiger partial charge in [0.25, 0.3) is 0 Å². The summed E-state index contributed by atoms with van der Waals surface area (Å²) in [6, 6.07) is 14.3. The van der Waals surface area contributed by atoms with E-state index in [1.54, 1.807) is 38.4 Å². The third-order valence-corrected chi connectivity index (χ3v) is 4.54. The SMILES string of the molecule is CNC(C)C(=O)Nc1ccc(-c2cncc(C(=O)OC)c2)c(C#Cc2ccccc2)n1. The molecule has 3 rings (SSSR count). The monoisotopic (exact) mass is 414 g/mol. The Bertz CT molecular complexity index is 1150. The van der Waals surface area contributed by atoms with Crippen molar-refractivity contribution in [2.75, 3.05) is 19.5 Å². The molecule has 0 bridgehead atoms. The Morgan fingerprint density at radius 2 is 1.84 bits per heavy atom. The molecule has 1 atom stereocenters. The summed E-state index contributed by atoms with van der Waals surface area (Å²) in [5.41, 5.74) is 2.94. The molecule has 2 aromatic heterocycles. The highest BCUT2D eigenvalue weighted by Gasteiger charge is 2.14. The van der Waals surface area contributed by atoms with Gasteiger partial charge < -0.3 is 15.4 Å². The Morgan fingerprint density at radius 3 is 2.55 bits per heavy atom. The number of pyridine rings is 2. The average molecular weight is 414 g/mol. The molecule has 7 nitrogen and oxygen atoms in total. The summed E-state index contributed by atoms with van der Waals surface area (Å²) in [6.45, 7) is 1.75. The maximum absolute atomic E-state index is 12.2. The molecule has 2 N–H and O–H groups in total. The van der Waals surface area contributed by atoms with Crippen LogP contribution in [0, 0.1) is 11.8 Å². The minimum Gasteiger partial charge on any atom is -0.465 e. The van der Waals surface area contributed by atoms with Gasteiger partial charge in [0.05, 0.1) is 18.7 Å². The molecule has 0 aliphatic heterocycles. The van der Waals surface area contributed by atoms with Crippen molar-refractivity contribution < 1.29 is 14.3 Å². The van der Waals surface area contributed by atoms with Crippen molar-refractivity contribution in [1.29, 1.82) is 0 Å². The van der Waals surface area contributed by atoms with E-state index in [1.807, 2.05) is 30.3 Å². The third-order valence-electron chi connectivity index (χ3n) is 4.54. The second-order valence-corrected chi connectivity index (χ2v) is 6.66. The summed E-state index contributed by atoms with van der Waals surface area (Å²) in [7, 11) is 3.02. The lowest BCUT2D eigenvalue weighted by Crippen LogP contribution is -2.35. The molecule has 0 aliphatic carbocycles. The highest BCUT2D eigenvalue weighted by Crippen LogP contribution is 2.24. The topological polar surface area (TPSA) is 93.2 Å². The molecule has 0 aliphatic rings. The quantitative estimate of drug-likeness (QED) is 0.493. The number of hydrogen-bond donors (Lipinski definition) is 2. The fourth-order valence-corrected chi connectivity index (χ4v) is 2.69. The number of esters is 1. The van der Waals surface area contributed by atoms with Crippen molar-refractivity contribution >= 4 is 17.7 Å². The highest BCUT2D eigenvalue weighted by molar-refractivity contribution is 5.94. The van der Waals surface area contributed by atoms with Gasteiger partial charge in [-0.25, -0.2) is 9.78 Å². The minimum atomic E-state index is -0.482. The van der Waals surface area contributed by atoms with E-state index in [2.05, 4.69) is 32.4 Å². The highest BCUT2D eigenvalue weighted by atomic mass is 16.5. The molecule has 156 valence electrons. The van der Waals surface area contributed by atoms with Crippen molar-refractivity contribution in [3.05, 3.63) is 77.7 Å². The summed E-state index contributed by atoms with van der Waals surface area (Å²) < 4.78 is 4.78. The minimum absolute atomic E-state index is 0.209. The number of hydrogen-bond acceptors (Lipinski definition) is 6. The second kappa shape index (κ2) is 10.1. The van der Waals surface area contributed by atoms with Crippen LogP contribution >= 0.6 is 0 Å². The van der Waals surface area contributed by atoms with Crippen molar-refractivity contribution in [3.63, 3.8) is 0 Å². The largest absolute Gasteiger partial charge is 0.465 e. The molecule has 0 radical (unpaired) electrons. The van der Waals surface area contributed by atoms with Gasteiger partial charge in [-0.2, -0.15) is 0 Å². The van der Waals surface area contributed by atoms with Gasteiger partial charge in [-0.05, 0) is 50.2 Å². The Labute approximate surface area is 180 Å². The predicted octanol–water partition coefficient (Wildman–Crippen LogP) is 2.88. The summed E-state index contributed by atoms with van der Waals surface area (Å²) in [6.07, 6.45) is 3.06. The lowest BCUT2D eigenvalue weighted by atomic mass is 10.0. The molecule has 1 unspecified atom stereocenters. The summed E-state index contributed by atoms with van der Waals surface area (Å²) >= 11 is 0. The smallest absolute Gasteiger partial charge is 0.339 e. The zero-order chi connectivity index (χ0) is 22.2. The number of aromatic nitrogens is 2. The van der Waals surface area contributed by atoms with Crippen LogP contribution in [0.25, 0.3) is 11.1 Å². The van der Waals surface area contributed by atoms with Gasteiger partial charge in [0.15, 0.2) is 0 Å². The number of likely N-dealkylation sites (N-methyl/N-ethyl adjacent to an activating group) is 1. The van der Waals surface area contributed by atoms with Crippen LogP contribution in [0.4, 0.5) is 5.82 Å². The number of methoxy groups -OCH3 is 1. The molecule has 2 heterocycles. The van der Waals surface area contributed by atoms with Crippen LogP contribution in [0.3, 0.4) is 0 Å². The van der Waals surface area contributed by atoms with Gasteiger partial charge in [-0.1, -0.05) is 24.1 Å². The lowest BCUT2D eigenvalue weighted by Gasteiger charge is -2.12. The first-order valence-corrected chi connectivity index (χ1v) is 9.62. The Balaban J connectivity index is 2.05. The maximum atomic E-state index is 12.2. The number of carbonyl (C=O) groups is 2. The molecule has 31 heavy (non-hydrogen) atoms. The summed E-state index contributed by atoms with van der Waals surface area (Å²) in [5, 5.41) is 5.66. The van der Waals surface area contributed by atoms with Crippen molar-refractivity contribution in [2.45, 2.75) is 13.0 Å². The number of nitrogens with one attached hydrogen (secondary N) is 2. The first-order chi connectivity index (χ1) is 15.0. The van der Waals surface area contributed by atoms with Crippen LogP contribution in [0.1, 0.15) is 28.5 Å². The first-order valence-electron chi connectivity index (χ1n) is 9.62. The van der Waals surface area contributed by atoms with Crippen molar-refractivity contribution in [2.24, 2.45) is 0 Å². The van der Waals surface area contributed by atoms with Crippen LogP contribution in [0.5, 0.6) is 0 Å². The molecule has 0 fully saturated rings. The molecule has 0 saturated carbocycles. The van der Waals surface area contributed by atoms with Crippen molar-refractivity contribution in [1.82, 2.24) is 15.3 Å². The molecule has 1 amide bonds. The number of amides is 1. The molecular weight excluding hydrogens is 392 g/mol. The Morgan fingerprint density at radius 1 is 1.06 bits per heavy atom. The first kappa shape index (κ1) is 21.7. The van der Waals surface area contributed by atoms with E-state index >= 15 is 0 Å². The van der Waals surface area contributed by atoms with Crippen LogP contribution in [0.2, 0.25) is 0 Å². The third kappa shape index (κ3) is 5.53. The number of nitrogens with zero attached hydrogens (tertiary/aromatic N) is 2. The van der Waals surface area contributed by atoms with E-state index < -0.39 is 5.97 Å². The fourth-order valence-electron chi connectivity index (χ4n) is 2.69. The number of anilines is 1. The fraction of sp³-hybridized carbons (Fsp3) is 0.167. The molecule has 3 aromatic rings. The molecule has 1 aromatic carbocycles. The number of carbonyl (C=O) groups excluding carboxylic acids is 2. The zero-order valence-electron chi connectivity index (χ0n) is 17.5. The van der Waals surface area contributed by atoms with E-state index in [1.165, 1.54) is 13.3 Å². The summed E-state index contributed by atoms with van der Waals surface area (Å²) in [4.78, 5) is 32.8. The number of benzene rings is 1. The average Bonchev–Trinajstić information content (AvgIpc) is 2.82. The van der Waals surface area contributed by atoms with E-state index in [9.17, 15) is 9.59 Å².